The molecule has 1 rings (SSSR count). The van der Waals surface area contributed by atoms with Crippen molar-refractivity contribution in [2.45, 2.75) is 25.6 Å². The zero-order chi connectivity index (χ0) is 10.4. The number of halogens is 3. The number of aromatic nitrogens is 1. The van der Waals surface area contributed by atoms with E-state index in [9.17, 15) is 13.2 Å². The zero-order valence-corrected chi connectivity index (χ0v) is 8.29. The van der Waals surface area contributed by atoms with Gasteiger partial charge in [0.25, 0.3) is 0 Å². The van der Waals surface area contributed by atoms with Crippen molar-refractivity contribution in [3.8, 4) is 0 Å². The van der Waals surface area contributed by atoms with Crippen LogP contribution in [-0.4, -0.2) is 17.7 Å². The normalized spacial score (nSPS) is 11.9. The monoisotopic (exact) mass is 224 g/mol. The van der Waals surface area contributed by atoms with Crippen molar-refractivity contribution in [1.29, 1.82) is 0 Å². The molecular weight excluding hydrogens is 213 g/mol. The minimum absolute atomic E-state index is 0.120. The molecule has 2 nitrogen and oxygen atoms in total. The van der Waals surface area contributed by atoms with Crippen LogP contribution in [0.1, 0.15) is 17.8 Å². The van der Waals surface area contributed by atoms with E-state index in [1.807, 2.05) is 5.38 Å². The molecule has 1 aromatic heterocycles. The summed E-state index contributed by atoms with van der Waals surface area (Å²) in [7, 11) is 0. The van der Waals surface area contributed by atoms with Crippen molar-refractivity contribution >= 4 is 11.3 Å². The Bertz CT molecular complexity index is 246. The maximum absolute atomic E-state index is 11.7. The van der Waals surface area contributed by atoms with Gasteiger partial charge in [0.2, 0.25) is 0 Å². The summed E-state index contributed by atoms with van der Waals surface area (Å²) in [5.41, 5.74) is 0. The van der Waals surface area contributed by atoms with E-state index < -0.39 is 12.6 Å². The molecule has 80 valence electrons. The Morgan fingerprint density at radius 3 is 2.79 bits per heavy atom. The first-order valence-corrected chi connectivity index (χ1v) is 5.12. The van der Waals surface area contributed by atoms with Gasteiger partial charge in [0.1, 0.15) is 5.01 Å². The highest BCUT2D eigenvalue weighted by Gasteiger charge is 2.25. The maximum atomic E-state index is 11.7. The van der Waals surface area contributed by atoms with Crippen LogP contribution in [0.15, 0.2) is 11.6 Å². The Morgan fingerprint density at radius 1 is 1.43 bits per heavy atom. The summed E-state index contributed by atoms with van der Waals surface area (Å²) in [6, 6.07) is 0. The van der Waals surface area contributed by atoms with Crippen LogP contribution in [-0.2, 0) is 6.54 Å². The van der Waals surface area contributed by atoms with Gasteiger partial charge in [-0.3, -0.25) is 0 Å². The molecule has 1 N–H and O–H groups in total. The fraction of sp³-hybridized carbons (Fsp3) is 0.625. The number of alkyl halides is 3. The molecule has 0 saturated heterocycles. The van der Waals surface area contributed by atoms with Gasteiger partial charge in [-0.25, -0.2) is 4.98 Å². The molecule has 1 heterocycles. The number of rotatable bonds is 5. The first-order valence-electron chi connectivity index (χ1n) is 4.24. The second kappa shape index (κ2) is 5.31. The Morgan fingerprint density at radius 2 is 2.21 bits per heavy atom. The molecule has 0 radical (unpaired) electrons. The second-order valence-electron chi connectivity index (χ2n) is 2.82. The Kier molecular flexibility index (Phi) is 4.34. The Hall–Kier alpha value is -0.620. The average Bonchev–Trinajstić information content (AvgIpc) is 2.54. The molecule has 0 atom stereocenters. The van der Waals surface area contributed by atoms with E-state index >= 15 is 0 Å². The molecule has 0 fully saturated rings. The topological polar surface area (TPSA) is 24.9 Å². The SMILES string of the molecule is FC(F)(F)CCCNCc1nccs1. The molecule has 0 unspecified atom stereocenters. The Labute approximate surface area is 84.2 Å². The highest BCUT2D eigenvalue weighted by Crippen LogP contribution is 2.20. The van der Waals surface area contributed by atoms with E-state index in [2.05, 4.69) is 10.3 Å². The molecular formula is C8H11F3N2S. The molecule has 0 aliphatic rings. The summed E-state index contributed by atoms with van der Waals surface area (Å²) in [5, 5.41) is 5.65. The van der Waals surface area contributed by atoms with Crippen molar-refractivity contribution in [1.82, 2.24) is 10.3 Å². The predicted octanol–water partition coefficient (Wildman–Crippen LogP) is 2.58. The van der Waals surface area contributed by atoms with Crippen LogP contribution in [0.25, 0.3) is 0 Å². The summed E-state index contributed by atoms with van der Waals surface area (Å²) in [5.74, 6) is 0. The van der Waals surface area contributed by atoms with Crippen molar-refractivity contribution in [2.75, 3.05) is 6.54 Å². The smallest absolute Gasteiger partial charge is 0.310 e. The molecule has 0 amide bonds. The molecule has 0 spiro atoms. The summed E-state index contributed by atoms with van der Waals surface area (Å²) in [6.45, 7) is 0.925. The second-order valence-corrected chi connectivity index (χ2v) is 3.80. The first-order chi connectivity index (χ1) is 6.58. The minimum Gasteiger partial charge on any atom is -0.310 e. The Balaban J connectivity index is 2.00. The van der Waals surface area contributed by atoms with Gasteiger partial charge in [0, 0.05) is 24.5 Å². The third-order valence-corrected chi connectivity index (χ3v) is 2.35. The molecule has 0 aliphatic carbocycles. The van der Waals surface area contributed by atoms with E-state index in [0.29, 0.717) is 13.1 Å². The van der Waals surface area contributed by atoms with Crippen LogP contribution in [0.5, 0.6) is 0 Å². The molecule has 0 aromatic carbocycles. The fourth-order valence-corrected chi connectivity index (χ4v) is 1.54. The van der Waals surface area contributed by atoms with Crippen LogP contribution in [0, 0.1) is 0 Å². The lowest BCUT2D eigenvalue weighted by molar-refractivity contribution is -0.135. The molecule has 14 heavy (non-hydrogen) atoms. The quantitative estimate of drug-likeness (QED) is 0.777. The summed E-state index contributed by atoms with van der Waals surface area (Å²) in [6.07, 6.45) is -2.97. The van der Waals surface area contributed by atoms with Gasteiger partial charge >= 0.3 is 6.18 Å². The van der Waals surface area contributed by atoms with Gasteiger partial charge < -0.3 is 5.32 Å². The van der Waals surface area contributed by atoms with Crippen molar-refractivity contribution in [2.24, 2.45) is 0 Å². The third kappa shape index (κ3) is 5.18. The van der Waals surface area contributed by atoms with E-state index in [4.69, 9.17) is 0 Å². The van der Waals surface area contributed by atoms with E-state index in [1.54, 1.807) is 6.20 Å². The van der Waals surface area contributed by atoms with Gasteiger partial charge in [-0.2, -0.15) is 13.2 Å². The number of nitrogens with one attached hydrogen (secondary N) is 1. The van der Waals surface area contributed by atoms with Crippen molar-refractivity contribution < 1.29 is 13.2 Å². The minimum atomic E-state index is -4.04. The first kappa shape index (κ1) is 11.5. The van der Waals surface area contributed by atoms with Crippen molar-refractivity contribution in [3.63, 3.8) is 0 Å². The predicted molar refractivity (Wildman–Crippen MR) is 49.1 cm³/mol. The zero-order valence-electron chi connectivity index (χ0n) is 7.47. The summed E-state index contributed by atoms with van der Waals surface area (Å²) < 4.78 is 35.2. The average molecular weight is 224 g/mol. The van der Waals surface area contributed by atoms with Crippen molar-refractivity contribution in [3.05, 3.63) is 16.6 Å². The highest BCUT2D eigenvalue weighted by molar-refractivity contribution is 7.09. The molecule has 6 heteroatoms. The van der Waals surface area contributed by atoms with Gasteiger partial charge in [0.15, 0.2) is 0 Å². The number of nitrogens with zero attached hydrogens (tertiary/aromatic N) is 1. The lowest BCUT2D eigenvalue weighted by atomic mass is 10.3. The third-order valence-electron chi connectivity index (χ3n) is 1.57. The van der Waals surface area contributed by atoms with Gasteiger partial charge in [0.05, 0.1) is 0 Å². The van der Waals surface area contributed by atoms with Gasteiger partial charge in [-0.15, -0.1) is 11.3 Å². The fourth-order valence-electron chi connectivity index (χ4n) is 0.949. The van der Waals surface area contributed by atoms with Crippen LogP contribution in [0.4, 0.5) is 13.2 Å². The number of thiazole rings is 1. The molecule has 0 saturated carbocycles. The lowest BCUT2D eigenvalue weighted by Gasteiger charge is -2.05. The lowest BCUT2D eigenvalue weighted by Crippen LogP contribution is -2.17. The molecule has 0 aliphatic heterocycles. The van der Waals surface area contributed by atoms with Gasteiger partial charge in [-0.1, -0.05) is 0 Å². The molecule has 0 bridgehead atoms. The van der Waals surface area contributed by atoms with E-state index in [0.717, 1.165) is 5.01 Å². The largest absolute Gasteiger partial charge is 0.389 e. The molecule has 1 aromatic rings. The highest BCUT2D eigenvalue weighted by atomic mass is 32.1. The van der Waals surface area contributed by atoms with Gasteiger partial charge in [-0.05, 0) is 13.0 Å². The van der Waals surface area contributed by atoms with E-state index in [1.165, 1.54) is 11.3 Å². The van der Waals surface area contributed by atoms with Crippen LogP contribution >= 0.6 is 11.3 Å². The maximum Gasteiger partial charge on any atom is 0.389 e. The van der Waals surface area contributed by atoms with Crippen LogP contribution in [0.3, 0.4) is 0 Å². The standard InChI is InChI=1S/C8H11F3N2S/c9-8(10,11)2-1-3-12-6-7-13-4-5-14-7/h4-5,12H,1-3,6H2. The van der Waals surface area contributed by atoms with Crippen LogP contribution < -0.4 is 5.32 Å². The summed E-state index contributed by atoms with van der Waals surface area (Å²) in [4.78, 5) is 4.00. The van der Waals surface area contributed by atoms with E-state index in [-0.39, 0.29) is 6.42 Å². The number of hydrogen-bond acceptors (Lipinski definition) is 3. The summed E-state index contributed by atoms with van der Waals surface area (Å²) >= 11 is 1.49. The van der Waals surface area contributed by atoms with Crippen LogP contribution in [0.2, 0.25) is 0 Å². The number of hydrogen-bond donors (Lipinski definition) is 1.